The fraction of sp³-hybridized carbons (Fsp3) is 0.167. The van der Waals surface area contributed by atoms with Crippen LogP contribution >= 0.6 is 11.3 Å². The Morgan fingerprint density at radius 2 is 2.04 bits per heavy atom. The molecule has 0 N–H and O–H groups in total. The number of carbonyl (C=O) groups is 3. The molecule has 9 heteroatoms. The summed E-state index contributed by atoms with van der Waals surface area (Å²) in [6.45, 7) is -0.179. The molecule has 8 nitrogen and oxygen atoms in total. The van der Waals surface area contributed by atoms with Gasteiger partial charge in [-0.1, -0.05) is 11.2 Å². The summed E-state index contributed by atoms with van der Waals surface area (Å²) in [4.78, 5) is 41.2. The van der Waals surface area contributed by atoms with Crippen LogP contribution < -0.4 is 4.90 Å². The first kappa shape index (κ1) is 17.1. The molecule has 1 aromatic carbocycles. The highest BCUT2D eigenvalue weighted by Crippen LogP contribution is 2.24. The number of amides is 2. The van der Waals surface area contributed by atoms with Crippen LogP contribution in [0, 0.1) is 0 Å². The van der Waals surface area contributed by atoms with E-state index in [0.29, 0.717) is 11.5 Å². The lowest BCUT2D eigenvalue weighted by Crippen LogP contribution is -2.28. The Morgan fingerprint density at radius 1 is 1.22 bits per heavy atom. The fourth-order valence-electron chi connectivity index (χ4n) is 2.67. The number of carbonyl (C=O) groups excluding carboxylic acids is 3. The Balaban J connectivity index is 1.44. The molecular weight excluding hydrogens is 370 g/mol. The monoisotopic (exact) mass is 383 g/mol. The van der Waals surface area contributed by atoms with Crippen molar-refractivity contribution in [3.63, 3.8) is 0 Å². The zero-order chi connectivity index (χ0) is 18.8. The molecule has 3 aromatic rings. The first-order valence-electron chi connectivity index (χ1n) is 8.10. The molecule has 4 rings (SSSR count). The summed E-state index contributed by atoms with van der Waals surface area (Å²) in [7, 11) is 0. The molecule has 2 amide bonds. The molecule has 0 saturated carbocycles. The van der Waals surface area contributed by atoms with Crippen LogP contribution in [0.4, 0.5) is 5.69 Å². The number of anilines is 1. The molecule has 27 heavy (non-hydrogen) atoms. The van der Waals surface area contributed by atoms with E-state index in [1.54, 1.807) is 18.2 Å². The number of benzene rings is 1. The fourth-order valence-corrected chi connectivity index (χ4v) is 3.30. The van der Waals surface area contributed by atoms with E-state index in [1.807, 2.05) is 16.8 Å². The van der Waals surface area contributed by atoms with Crippen LogP contribution in [-0.4, -0.2) is 27.9 Å². The van der Waals surface area contributed by atoms with E-state index < -0.39 is 5.97 Å². The summed E-state index contributed by atoms with van der Waals surface area (Å²) in [5.74, 6) is -0.582. The molecule has 1 aliphatic heterocycles. The number of hydrogen-bond acceptors (Lipinski definition) is 8. The van der Waals surface area contributed by atoms with Gasteiger partial charge in [-0.05, 0) is 29.6 Å². The smallest absolute Gasteiger partial charge is 0.338 e. The van der Waals surface area contributed by atoms with Crippen molar-refractivity contribution in [3.05, 3.63) is 52.5 Å². The van der Waals surface area contributed by atoms with Crippen LogP contribution in [0.2, 0.25) is 0 Å². The Labute approximate surface area is 157 Å². The molecule has 0 radical (unpaired) electrons. The van der Waals surface area contributed by atoms with Crippen LogP contribution in [-0.2, 0) is 20.9 Å². The van der Waals surface area contributed by atoms with E-state index in [-0.39, 0.29) is 42.7 Å². The third kappa shape index (κ3) is 3.49. The normalized spacial score (nSPS) is 14.0. The first-order chi connectivity index (χ1) is 13.1. The predicted octanol–water partition coefficient (Wildman–Crippen LogP) is 2.81. The molecule has 0 atom stereocenters. The van der Waals surface area contributed by atoms with Gasteiger partial charge in [-0.15, -0.1) is 0 Å². The van der Waals surface area contributed by atoms with Crippen molar-refractivity contribution in [2.24, 2.45) is 0 Å². The molecule has 0 unspecified atom stereocenters. The van der Waals surface area contributed by atoms with Gasteiger partial charge >= 0.3 is 5.97 Å². The summed E-state index contributed by atoms with van der Waals surface area (Å²) >= 11 is 1.51. The average molecular weight is 383 g/mol. The van der Waals surface area contributed by atoms with Gasteiger partial charge in [0.15, 0.2) is 6.61 Å². The quantitative estimate of drug-likeness (QED) is 0.493. The zero-order valence-electron chi connectivity index (χ0n) is 14.0. The van der Waals surface area contributed by atoms with Crippen molar-refractivity contribution in [2.75, 3.05) is 4.90 Å². The summed E-state index contributed by atoms with van der Waals surface area (Å²) in [6.07, 6.45) is 0.355. The predicted molar refractivity (Wildman–Crippen MR) is 94.9 cm³/mol. The average Bonchev–Trinajstić information content (AvgIpc) is 3.41. The standard InChI is InChI=1S/C18H13N3O5S/c22-15-4-5-16(23)21(15)13-3-1-2-11(8-13)18(24)25-9-14-19-17(20-26-14)12-6-7-27-10-12/h1-3,6-8,10H,4-5,9H2. The van der Waals surface area contributed by atoms with Gasteiger partial charge in [0.1, 0.15) is 0 Å². The highest BCUT2D eigenvalue weighted by atomic mass is 32.1. The second-order valence-electron chi connectivity index (χ2n) is 5.77. The summed E-state index contributed by atoms with van der Waals surface area (Å²) < 4.78 is 10.3. The lowest BCUT2D eigenvalue weighted by molar-refractivity contribution is -0.121. The third-order valence-corrected chi connectivity index (χ3v) is 4.65. The second kappa shape index (κ2) is 7.12. The van der Waals surface area contributed by atoms with Gasteiger partial charge < -0.3 is 9.26 Å². The number of thiophene rings is 1. The molecule has 3 heterocycles. The number of esters is 1. The van der Waals surface area contributed by atoms with E-state index in [0.717, 1.165) is 10.5 Å². The Morgan fingerprint density at radius 3 is 2.78 bits per heavy atom. The Hall–Kier alpha value is -3.33. The molecule has 0 spiro atoms. The summed E-state index contributed by atoms with van der Waals surface area (Å²) in [5, 5.41) is 7.62. The Kier molecular flexibility index (Phi) is 4.51. The van der Waals surface area contributed by atoms with Crippen LogP contribution in [0.1, 0.15) is 29.1 Å². The Bertz CT molecular complexity index is 996. The summed E-state index contributed by atoms with van der Waals surface area (Å²) in [6, 6.07) is 8.04. The van der Waals surface area contributed by atoms with Gasteiger partial charge in [-0.2, -0.15) is 16.3 Å². The van der Waals surface area contributed by atoms with Gasteiger partial charge in [0.05, 0.1) is 11.3 Å². The van der Waals surface area contributed by atoms with E-state index >= 15 is 0 Å². The minimum atomic E-state index is -0.619. The van der Waals surface area contributed by atoms with Crippen molar-refractivity contribution < 1.29 is 23.6 Å². The minimum Gasteiger partial charge on any atom is -0.452 e. The van der Waals surface area contributed by atoms with Crippen molar-refractivity contribution in [2.45, 2.75) is 19.4 Å². The number of nitrogens with zero attached hydrogens (tertiary/aromatic N) is 3. The number of hydrogen-bond donors (Lipinski definition) is 0. The molecule has 2 aromatic heterocycles. The van der Waals surface area contributed by atoms with Crippen molar-refractivity contribution in [1.82, 2.24) is 10.1 Å². The van der Waals surface area contributed by atoms with Crippen LogP contribution in [0.15, 0.2) is 45.6 Å². The number of ether oxygens (including phenoxy) is 1. The van der Waals surface area contributed by atoms with Crippen LogP contribution in [0.3, 0.4) is 0 Å². The van der Waals surface area contributed by atoms with Gasteiger partial charge in [0, 0.05) is 23.8 Å². The highest BCUT2D eigenvalue weighted by Gasteiger charge is 2.30. The third-order valence-electron chi connectivity index (χ3n) is 3.97. The van der Waals surface area contributed by atoms with Crippen molar-refractivity contribution in [1.29, 1.82) is 0 Å². The number of imide groups is 1. The molecule has 1 aliphatic rings. The van der Waals surface area contributed by atoms with Gasteiger partial charge in [-0.3, -0.25) is 14.5 Å². The molecule has 136 valence electrons. The highest BCUT2D eigenvalue weighted by molar-refractivity contribution is 7.08. The molecule has 0 aliphatic carbocycles. The summed E-state index contributed by atoms with van der Waals surface area (Å²) in [5.41, 5.74) is 1.40. The lowest BCUT2D eigenvalue weighted by atomic mass is 10.2. The molecule has 1 fully saturated rings. The van der Waals surface area contributed by atoms with E-state index in [4.69, 9.17) is 9.26 Å². The maximum absolute atomic E-state index is 12.3. The number of rotatable bonds is 5. The topological polar surface area (TPSA) is 103 Å². The van der Waals surface area contributed by atoms with Crippen LogP contribution in [0.5, 0.6) is 0 Å². The van der Waals surface area contributed by atoms with Gasteiger partial charge in [0.2, 0.25) is 17.6 Å². The maximum atomic E-state index is 12.3. The van der Waals surface area contributed by atoms with Crippen molar-refractivity contribution >= 4 is 34.8 Å². The zero-order valence-corrected chi connectivity index (χ0v) is 14.8. The largest absolute Gasteiger partial charge is 0.452 e. The molecule has 0 bridgehead atoms. The lowest BCUT2D eigenvalue weighted by Gasteiger charge is -2.14. The SMILES string of the molecule is O=C(OCc1nc(-c2ccsc2)no1)c1cccc(N2C(=O)CCC2=O)c1. The second-order valence-corrected chi connectivity index (χ2v) is 6.55. The van der Waals surface area contributed by atoms with Gasteiger partial charge in [0.25, 0.3) is 5.89 Å². The van der Waals surface area contributed by atoms with Crippen LogP contribution in [0.25, 0.3) is 11.4 Å². The van der Waals surface area contributed by atoms with Crippen molar-refractivity contribution in [3.8, 4) is 11.4 Å². The molecule has 1 saturated heterocycles. The van der Waals surface area contributed by atoms with Gasteiger partial charge in [-0.25, -0.2) is 4.79 Å². The molecular formula is C18H13N3O5S. The van der Waals surface area contributed by atoms with E-state index in [9.17, 15) is 14.4 Å². The maximum Gasteiger partial charge on any atom is 0.338 e. The minimum absolute atomic E-state index is 0.172. The first-order valence-corrected chi connectivity index (χ1v) is 9.04. The number of aromatic nitrogens is 2. The van der Waals surface area contributed by atoms with E-state index in [2.05, 4.69) is 10.1 Å². The van der Waals surface area contributed by atoms with E-state index in [1.165, 1.54) is 17.4 Å².